The van der Waals surface area contributed by atoms with Crippen molar-refractivity contribution >= 4 is 5.91 Å². The number of aromatic nitrogens is 4. The molecule has 4 aromatic rings. The second-order valence-electron chi connectivity index (χ2n) is 7.52. The van der Waals surface area contributed by atoms with Gasteiger partial charge in [-0.2, -0.15) is 9.78 Å². The van der Waals surface area contributed by atoms with Crippen molar-refractivity contribution in [1.29, 1.82) is 0 Å². The predicted octanol–water partition coefficient (Wildman–Crippen LogP) is 3.67. The standard InChI is InChI=1S/C25H28N6O3/c1-4-30(5-2)15-14-26-24(32)19-17-28-31(23(19)22-11-8-16-34-22)25-27-13-12-20(29-25)18-9-6-7-10-21(18)33-3/h6-13,16-17H,4-5,14-15H2,1-3H3,(H,26,32). The lowest BCUT2D eigenvalue weighted by Crippen LogP contribution is -2.34. The van der Waals surface area contributed by atoms with E-state index in [1.54, 1.807) is 37.8 Å². The molecule has 0 aliphatic carbocycles. The molecule has 0 unspecified atom stereocenters. The molecule has 4 rings (SSSR count). The summed E-state index contributed by atoms with van der Waals surface area (Å²) in [5.41, 5.74) is 2.38. The first kappa shape index (κ1) is 23.2. The van der Waals surface area contributed by atoms with Crippen LogP contribution in [0.4, 0.5) is 0 Å². The van der Waals surface area contributed by atoms with Crippen LogP contribution in [0.1, 0.15) is 24.2 Å². The van der Waals surface area contributed by atoms with E-state index in [4.69, 9.17) is 14.1 Å². The Bertz CT molecular complexity index is 1230. The Morgan fingerprint density at radius 1 is 1.15 bits per heavy atom. The third-order valence-corrected chi connectivity index (χ3v) is 5.59. The minimum absolute atomic E-state index is 0.231. The van der Waals surface area contributed by atoms with Gasteiger partial charge in [-0.25, -0.2) is 9.97 Å². The average molecular weight is 461 g/mol. The number of rotatable bonds is 10. The summed E-state index contributed by atoms with van der Waals surface area (Å²) in [7, 11) is 1.62. The topological polar surface area (TPSA) is 98.3 Å². The molecule has 0 aliphatic heterocycles. The van der Waals surface area contributed by atoms with Gasteiger partial charge >= 0.3 is 0 Å². The first-order valence-corrected chi connectivity index (χ1v) is 11.3. The Labute approximate surface area is 198 Å². The van der Waals surface area contributed by atoms with Gasteiger partial charge in [-0.15, -0.1) is 0 Å². The summed E-state index contributed by atoms with van der Waals surface area (Å²) >= 11 is 0. The number of methoxy groups -OCH3 is 1. The lowest BCUT2D eigenvalue weighted by Gasteiger charge is -2.17. The lowest BCUT2D eigenvalue weighted by atomic mass is 10.1. The van der Waals surface area contributed by atoms with E-state index in [2.05, 4.69) is 34.1 Å². The molecular formula is C25H28N6O3. The van der Waals surface area contributed by atoms with Crippen LogP contribution in [-0.4, -0.2) is 63.8 Å². The van der Waals surface area contributed by atoms with Gasteiger partial charge in [0, 0.05) is 24.8 Å². The Morgan fingerprint density at radius 3 is 2.71 bits per heavy atom. The minimum atomic E-state index is -0.231. The number of hydrogen-bond donors (Lipinski definition) is 1. The van der Waals surface area contributed by atoms with Crippen molar-refractivity contribution in [2.75, 3.05) is 33.3 Å². The number of furan rings is 1. The SMILES string of the molecule is CCN(CC)CCNC(=O)c1cnn(-c2nccc(-c3ccccc3OC)n2)c1-c1ccco1. The second-order valence-corrected chi connectivity index (χ2v) is 7.52. The van der Waals surface area contributed by atoms with Gasteiger partial charge in [-0.3, -0.25) is 4.79 Å². The fraction of sp³-hybridized carbons (Fsp3) is 0.280. The maximum atomic E-state index is 13.1. The van der Waals surface area contributed by atoms with Crippen molar-refractivity contribution in [3.8, 4) is 34.4 Å². The summed E-state index contributed by atoms with van der Waals surface area (Å²) in [4.78, 5) is 24.4. The molecule has 0 bridgehead atoms. The number of para-hydroxylation sites is 1. The van der Waals surface area contributed by atoms with Gasteiger partial charge < -0.3 is 19.4 Å². The summed E-state index contributed by atoms with van der Waals surface area (Å²) in [6, 6.07) is 13.0. The van der Waals surface area contributed by atoms with Crippen molar-refractivity contribution < 1.29 is 13.9 Å². The van der Waals surface area contributed by atoms with Gasteiger partial charge in [0.25, 0.3) is 11.9 Å². The molecule has 9 nitrogen and oxygen atoms in total. The van der Waals surface area contributed by atoms with Crippen LogP contribution in [0.5, 0.6) is 5.75 Å². The highest BCUT2D eigenvalue weighted by molar-refractivity contribution is 5.99. The number of benzene rings is 1. The van der Waals surface area contributed by atoms with E-state index >= 15 is 0 Å². The quantitative estimate of drug-likeness (QED) is 0.386. The van der Waals surface area contributed by atoms with Crippen molar-refractivity contribution in [2.24, 2.45) is 0 Å². The van der Waals surface area contributed by atoms with Gasteiger partial charge in [0.1, 0.15) is 11.4 Å². The van der Waals surface area contributed by atoms with Crippen LogP contribution >= 0.6 is 0 Å². The number of likely N-dealkylation sites (N-methyl/N-ethyl adjacent to an activating group) is 1. The van der Waals surface area contributed by atoms with Gasteiger partial charge in [-0.05, 0) is 43.4 Å². The molecule has 1 amide bonds. The van der Waals surface area contributed by atoms with E-state index in [0.717, 1.165) is 25.2 Å². The van der Waals surface area contributed by atoms with Gasteiger partial charge in [-0.1, -0.05) is 26.0 Å². The third-order valence-electron chi connectivity index (χ3n) is 5.59. The maximum absolute atomic E-state index is 13.1. The van der Waals surface area contributed by atoms with Crippen molar-refractivity contribution in [3.63, 3.8) is 0 Å². The number of hydrogen-bond acceptors (Lipinski definition) is 7. The summed E-state index contributed by atoms with van der Waals surface area (Å²) in [6.45, 7) is 7.37. The molecule has 0 aliphatic rings. The van der Waals surface area contributed by atoms with E-state index in [1.807, 2.05) is 24.3 Å². The molecule has 0 atom stereocenters. The van der Waals surface area contributed by atoms with E-state index in [0.29, 0.717) is 41.0 Å². The Morgan fingerprint density at radius 2 is 1.97 bits per heavy atom. The first-order valence-electron chi connectivity index (χ1n) is 11.3. The number of nitrogens with zero attached hydrogens (tertiary/aromatic N) is 5. The fourth-order valence-electron chi connectivity index (χ4n) is 3.74. The van der Waals surface area contributed by atoms with Gasteiger partial charge in [0.2, 0.25) is 0 Å². The molecule has 1 aromatic carbocycles. The van der Waals surface area contributed by atoms with E-state index in [-0.39, 0.29) is 5.91 Å². The molecule has 0 fully saturated rings. The summed E-state index contributed by atoms with van der Waals surface area (Å²) in [5, 5.41) is 7.43. The molecule has 176 valence electrons. The zero-order valence-corrected chi connectivity index (χ0v) is 19.6. The Kier molecular flexibility index (Phi) is 7.34. The Hall–Kier alpha value is -3.98. The van der Waals surface area contributed by atoms with Crippen LogP contribution in [-0.2, 0) is 0 Å². The molecule has 0 saturated heterocycles. The smallest absolute Gasteiger partial charge is 0.255 e. The van der Waals surface area contributed by atoms with Gasteiger partial charge in [0.15, 0.2) is 5.76 Å². The van der Waals surface area contributed by atoms with Crippen LogP contribution in [0.2, 0.25) is 0 Å². The summed E-state index contributed by atoms with van der Waals surface area (Å²) in [6.07, 6.45) is 4.73. The molecule has 0 radical (unpaired) electrons. The summed E-state index contributed by atoms with van der Waals surface area (Å²) in [5.74, 6) is 1.28. The first-order chi connectivity index (χ1) is 16.7. The van der Waals surface area contributed by atoms with Gasteiger partial charge in [0.05, 0.1) is 30.8 Å². The normalized spacial score (nSPS) is 11.1. The number of carbonyl (C=O) groups is 1. The van der Waals surface area contributed by atoms with Crippen LogP contribution in [0, 0.1) is 0 Å². The van der Waals surface area contributed by atoms with E-state index in [9.17, 15) is 4.79 Å². The van der Waals surface area contributed by atoms with Crippen LogP contribution in [0.3, 0.4) is 0 Å². The zero-order valence-electron chi connectivity index (χ0n) is 19.6. The average Bonchev–Trinajstić information content (AvgIpc) is 3.56. The van der Waals surface area contributed by atoms with Crippen molar-refractivity contribution in [2.45, 2.75) is 13.8 Å². The number of nitrogens with one attached hydrogen (secondary N) is 1. The van der Waals surface area contributed by atoms with Crippen LogP contribution in [0.25, 0.3) is 28.7 Å². The molecule has 1 N–H and O–H groups in total. The highest BCUT2D eigenvalue weighted by Crippen LogP contribution is 2.30. The molecule has 0 spiro atoms. The molecular weight excluding hydrogens is 432 g/mol. The maximum Gasteiger partial charge on any atom is 0.255 e. The van der Waals surface area contributed by atoms with Crippen LogP contribution < -0.4 is 10.1 Å². The number of carbonyl (C=O) groups excluding carboxylic acids is 1. The van der Waals surface area contributed by atoms with Crippen molar-refractivity contribution in [1.82, 2.24) is 30.0 Å². The molecule has 3 heterocycles. The predicted molar refractivity (Wildman–Crippen MR) is 129 cm³/mol. The third kappa shape index (κ3) is 4.84. The minimum Gasteiger partial charge on any atom is -0.496 e. The van der Waals surface area contributed by atoms with E-state index < -0.39 is 0 Å². The molecule has 34 heavy (non-hydrogen) atoms. The van der Waals surface area contributed by atoms with E-state index in [1.165, 1.54) is 10.9 Å². The largest absolute Gasteiger partial charge is 0.496 e. The second kappa shape index (κ2) is 10.8. The molecule has 9 heteroatoms. The fourth-order valence-corrected chi connectivity index (χ4v) is 3.74. The Balaban J connectivity index is 1.69. The monoisotopic (exact) mass is 460 g/mol. The lowest BCUT2D eigenvalue weighted by molar-refractivity contribution is 0.0949. The molecule has 0 saturated carbocycles. The number of amides is 1. The zero-order chi connectivity index (χ0) is 23.9. The van der Waals surface area contributed by atoms with Crippen LogP contribution in [0.15, 0.2) is 65.5 Å². The molecule has 3 aromatic heterocycles. The van der Waals surface area contributed by atoms with Crippen molar-refractivity contribution in [3.05, 3.63) is 66.7 Å². The highest BCUT2D eigenvalue weighted by atomic mass is 16.5. The summed E-state index contributed by atoms with van der Waals surface area (Å²) < 4.78 is 12.6. The highest BCUT2D eigenvalue weighted by Gasteiger charge is 2.23. The number of ether oxygens (including phenoxy) is 1.